The number of thiophene rings is 1. The van der Waals surface area contributed by atoms with Gasteiger partial charge in [0.15, 0.2) is 5.78 Å². The van der Waals surface area contributed by atoms with Gasteiger partial charge >= 0.3 is 0 Å². The lowest BCUT2D eigenvalue weighted by Crippen LogP contribution is -2.05. The van der Waals surface area contributed by atoms with Crippen molar-refractivity contribution in [2.24, 2.45) is 0 Å². The van der Waals surface area contributed by atoms with Crippen LogP contribution in [0.25, 0.3) is 16.9 Å². The normalized spacial score (nSPS) is 11.1. The molecular formula is C21H18N2OS. The first-order chi connectivity index (χ1) is 12.1. The zero-order valence-electron chi connectivity index (χ0n) is 14.2. The van der Waals surface area contributed by atoms with Crippen molar-refractivity contribution in [3.63, 3.8) is 0 Å². The van der Waals surface area contributed by atoms with Crippen molar-refractivity contribution in [3.05, 3.63) is 81.8 Å². The molecule has 4 rings (SSSR count). The van der Waals surface area contributed by atoms with Gasteiger partial charge in [-0.1, -0.05) is 42.0 Å². The molecule has 0 radical (unpaired) electrons. The minimum atomic E-state index is 0.131. The van der Waals surface area contributed by atoms with Gasteiger partial charge in [-0.25, -0.2) is 4.98 Å². The first kappa shape index (κ1) is 15.8. The first-order valence-electron chi connectivity index (χ1n) is 8.23. The summed E-state index contributed by atoms with van der Waals surface area (Å²) in [6.07, 6.45) is 2.39. The molecule has 0 aliphatic carbocycles. The molecule has 124 valence electrons. The lowest BCUT2D eigenvalue weighted by Gasteiger charge is -2.05. The number of carbonyl (C=O) groups excluding carboxylic acids is 1. The van der Waals surface area contributed by atoms with E-state index in [0.29, 0.717) is 6.42 Å². The molecule has 0 unspecified atom stereocenters. The average molecular weight is 346 g/mol. The Kier molecular flexibility index (Phi) is 3.98. The fourth-order valence-electron chi connectivity index (χ4n) is 2.99. The minimum absolute atomic E-state index is 0.131. The van der Waals surface area contributed by atoms with Crippen LogP contribution >= 0.6 is 11.3 Å². The Morgan fingerprint density at radius 2 is 1.80 bits per heavy atom. The third-order valence-corrected chi connectivity index (χ3v) is 5.23. The summed E-state index contributed by atoms with van der Waals surface area (Å²) in [6, 6.07) is 16.2. The maximum atomic E-state index is 12.7. The van der Waals surface area contributed by atoms with E-state index in [4.69, 9.17) is 4.98 Å². The second kappa shape index (κ2) is 6.30. The highest BCUT2D eigenvalue weighted by molar-refractivity contribution is 7.12. The average Bonchev–Trinajstić information content (AvgIpc) is 3.24. The Balaban J connectivity index is 1.86. The Morgan fingerprint density at radius 1 is 1.04 bits per heavy atom. The molecule has 3 heterocycles. The predicted octanol–water partition coefficient (Wildman–Crippen LogP) is 5.11. The van der Waals surface area contributed by atoms with Gasteiger partial charge in [0.05, 0.1) is 22.7 Å². The minimum Gasteiger partial charge on any atom is -0.303 e. The van der Waals surface area contributed by atoms with E-state index in [-0.39, 0.29) is 5.78 Å². The number of hydrogen-bond acceptors (Lipinski definition) is 3. The molecule has 0 amide bonds. The summed E-state index contributed by atoms with van der Waals surface area (Å²) in [7, 11) is 0. The van der Waals surface area contributed by atoms with Crippen molar-refractivity contribution < 1.29 is 4.79 Å². The number of pyridine rings is 1. The van der Waals surface area contributed by atoms with E-state index in [0.717, 1.165) is 33.0 Å². The molecule has 0 bridgehead atoms. The standard InChI is InChI=1S/C21H18N2OS/c1-14-5-8-16(9-6-14)21-17(12-18(24)19-4-3-11-25-19)23-13-15(2)7-10-20(23)22-21/h3-11,13H,12H2,1-2H3. The molecule has 4 aromatic rings. The van der Waals surface area contributed by atoms with Crippen molar-refractivity contribution >= 4 is 22.8 Å². The van der Waals surface area contributed by atoms with Gasteiger partial charge in [0, 0.05) is 11.8 Å². The van der Waals surface area contributed by atoms with Crippen molar-refractivity contribution in [1.82, 2.24) is 9.38 Å². The maximum Gasteiger partial charge on any atom is 0.178 e. The monoisotopic (exact) mass is 346 g/mol. The number of carbonyl (C=O) groups is 1. The zero-order chi connectivity index (χ0) is 17.4. The molecule has 0 aliphatic rings. The smallest absolute Gasteiger partial charge is 0.178 e. The van der Waals surface area contributed by atoms with Crippen LogP contribution in [0.3, 0.4) is 0 Å². The molecule has 0 fully saturated rings. The highest BCUT2D eigenvalue weighted by Crippen LogP contribution is 2.27. The number of aromatic nitrogens is 2. The second-order valence-corrected chi connectivity index (χ2v) is 7.23. The van der Waals surface area contributed by atoms with Gasteiger partial charge in [0.1, 0.15) is 5.65 Å². The summed E-state index contributed by atoms with van der Waals surface area (Å²) in [5.41, 5.74) is 6.09. The molecule has 25 heavy (non-hydrogen) atoms. The molecule has 0 aliphatic heterocycles. The molecule has 0 spiro atoms. The van der Waals surface area contributed by atoms with Gasteiger partial charge in [-0.05, 0) is 36.9 Å². The Morgan fingerprint density at radius 3 is 2.52 bits per heavy atom. The summed E-state index contributed by atoms with van der Waals surface area (Å²) < 4.78 is 2.05. The van der Waals surface area contributed by atoms with Gasteiger partial charge in [-0.15, -0.1) is 11.3 Å². The van der Waals surface area contributed by atoms with Crippen LogP contribution in [0.5, 0.6) is 0 Å². The van der Waals surface area contributed by atoms with E-state index in [2.05, 4.69) is 48.7 Å². The fourth-order valence-corrected chi connectivity index (χ4v) is 3.65. The van der Waals surface area contributed by atoms with Crippen molar-refractivity contribution in [2.45, 2.75) is 20.3 Å². The van der Waals surface area contributed by atoms with Gasteiger partial charge < -0.3 is 4.40 Å². The summed E-state index contributed by atoms with van der Waals surface area (Å²) in [5, 5.41) is 1.94. The number of hydrogen-bond donors (Lipinski definition) is 0. The Bertz CT molecular complexity index is 1040. The third kappa shape index (κ3) is 3.01. The van der Waals surface area contributed by atoms with Crippen LogP contribution in [0.4, 0.5) is 0 Å². The molecule has 0 saturated heterocycles. The SMILES string of the molecule is Cc1ccc(-c2nc3ccc(C)cn3c2CC(=O)c2cccs2)cc1. The van der Waals surface area contributed by atoms with Crippen LogP contribution in [0.2, 0.25) is 0 Å². The van der Waals surface area contributed by atoms with E-state index >= 15 is 0 Å². The van der Waals surface area contributed by atoms with Gasteiger partial charge in [-0.2, -0.15) is 0 Å². The van der Waals surface area contributed by atoms with Gasteiger partial charge in [-0.3, -0.25) is 4.79 Å². The quantitative estimate of drug-likeness (QED) is 0.482. The number of rotatable bonds is 4. The largest absolute Gasteiger partial charge is 0.303 e. The zero-order valence-corrected chi connectivity index (χ0v) is 15.0. The lowest BCUT2D eigenvalue weighted by molar-refractivity contribution is 0.0995. The number of aryl methyl sites for hydroxylation is 2. The Hall–Kier alpha value is -2.72. The Labute approximate surface area is 150 Å². The van der Waals surface area contributed by atoms with E-state index < -0.39 is 0 Å². The predicted molar refractivity (Wildman–Crippen MR) is 102 cm³/mol. The lowest BCUT2D eigenvalue weighted by atomic mass is 10.0. The topological polar surface area (TPSA) is 34.4 Å². The van der Waals surface area contributed by atoms with Crippen LogP contribution in [0.15, 0.2) is 60.1 Å². The molecule has 0 N–H and O–H groups in total. The van der Waals surface area contributed by atoms with Crippen LogP contribution in [0.1, 0.15) is 26.5 Å². The van der Waals surface area contributed by atoms with E-state index in [1.165, 1.54) is 16.9 Å². The van der Waals surface area contributed by atoms with Crippen molar-refractivity contribution in [3.8, 4) is 11.3 Å². The second-order valence-electron chi connectivity index (χ2n) is 6.29. The number of ketones is 1. The third-order valence-electron chi connectivity index (χ3n) is 4.31. The van der Waals surface area contributed by atoms with Crippen molar-refractivity contribution in [1.29, 1.82) is 0 Å². The number of imidazole rings is 1. The number of benzene rings is 1. The maximum absolute atomic E-state index is 12.7. The van der Waals surface area contributed by atoms with Crippen LogP contribution in [-0.2, 0) is 6.42 Å². The molecule has 3 nitrogen and oxygen atoms in total. The first-order valence-corrected chi connectivity index (χ1v) is 9.11. The summed E-state index contributed by atoms with van der Waals surface area (Å²) in [6.45, 7) is 4.12. The highest BCUT2D eigenvalue weighted by Gasteiger charge is 2.18. The van der Waals surface area contributed by atoms with Crippen LogP contribution in [-0.4, -0.2) is 15.2 Å². The molecule has 4 heteroatoms. The summed E-state index contributed by atoms with van der Waals surface area (Å²) >= 11 is 1.49. The van der Waals surface area contributed by atoms with E-state index in [1.807, 2.05) is 29.6 Å². The number of nitrogens with zero attached hydrogens (tertiary/aromatic N) is 2. The van der Waals surface area contributed by atoms with E-state index in [9.17, 15) is 4.79 Å². The van der Waals surface area contributed by atoms with Crippen molar-refractivity contribution in [2.75, 3.05) is 0 Å². The van der Waals surface area contributed by atoms with E-state index in [1.54, 1.807) is 0 Å². The molecule has 1 aromatic carbocycles. The summed E-state index contributed by atoms with van der Waals surface area (Å²) in [4.78, 5) is 18.3. The fraction of sp³-hybridized carbons (Fsp3) is 0.143. The highest BCUT2D eigenvalue weighted by atomic mass is 32.1. The molecule has 3 aromatic heterocycles. The van der Waals surface area contributed by atoms with Crippen LogP contribution in [0, 0.1) is 13.8 Å². The molecule has 0 saturated carbocycles. The van der Waals surface area contributed by atoms with Gasteiger partial charge in [0.25, 0.3) is 0 Å². The number of Topliss-reactive ketones (excluding diaryl/α,β-unsaturated/α-hetero) is 1. The number of fused-ring (bicyclic) bond motifs is 1. The van der Waals surface area contributed by atoms with Crippen LogP contribution < -0.4 is 0 Å². The molecule has 0 atom stereocenters. The summed E-state index contributed by atoms with van der Waals surface area (Å²) in [5.74, 6) is 0.131. The molecular weight excluding hydrogens is 328 g/mol. The van der Waals surface area contributed by atoms with Gasteiger partial charge in [0.2, 0.25) is 0 Å².